The molecular formula is C2H4F6O6S3. The minimum atomic E-state index is -5.84. The van der Waals surface area contributed by atoms with Crippen molar-refractivity contribution in [3.8, 4) is 0 Å². The van der Waals surface area contributed by atoms with Gasteiger partial charge in [0.1, 0.15) is 0 Å². The zero-order chi connectivity index (χ0) is 14.0. The zero-order valence-corrected chi connectivity index (χ0v) is 9.74. The van der Waals surface area contributed by atoms with E-state index in [9.17, 15) is 26.3 Å². The fourth-order valence-corrected chi connectivity index (χ4v) is 0. The van der Waals surface area contributed by atoms with Crippen molar-refractivity contribution < 1.29 is 52.3 Å². The van der Waals surface area contributed by atoms with Crippen molar-refractivity contribution in [3.63, 3.8) is 0 Å². The third-order valence-corrected chi connectivity index (χ3v) is 1.75. The molecule has 6 nitrogen and oxygen atoms in total. The Morgan fingerprint density at radius 2 is 0.706 bits per heavy atom. The molecule has 0 bridgehead atoms. The third-order valence-electron chi connectivity index (χ3n) is 0.585. The van der Waals surface area contributed by atoms with Crippen LogP contribution in [-0.2, 0) is 20.2 Å². The van der Waals surface area contributed by atoms with E-state index in [4.69, 9.17) is 25.9 Å². The van der Waals surface area contributed by atoms with Crippen LogP contribution < -0.4 is 0 Å². The number of halogens is 6. The summed E-state index contributed by atoms with van der Waals surface area (Å²) in [6, 6.07) is 0. The van der Waals surface area contributed by atoms with E-state index in [0.717, 1.165) is 0 Å². The van der Waals surface area contributed by atoms with Crippen molar-refractivity contribution in [3.05, 3.63) is 0 Å². The molecule has 0 saturated heterocycles. The monoisotopic (exact) mass is 334 g/mol. The molecule has 0 aromatic rings. The Morgan fingerprint density at radius 1 is 0.647 bits per heavy atom. The van der Waals surface area contributed by atoms with E-state index < -0.39 is 31.3 Å². The summed E-state index contributed by atoms with van der Waals surface area (Å²) in [6.45, 7) is 0. The Hall–Kier alpha value is -0.250. The molecule has 0 saturated carbocycles. The molecule has 0 aliphatic carbocycles. The minimum absolute atomic E-state index is 0. The van der Waals surface area contributed by atoms with Crippen LogP contribution in [0.5, 0.6) is 0 Å². The predicted molar refractivity (Wildman–Crippen MR) is 45.6 cm³/mol. The Kier molecular flexibility index (Phi) is 7.85. The van der Waals surface area contributed by atoms with Gasteiger partial charge in [-0.1, -0.05) is 0 Å². The molecule has 0 aliphatic rings. The van der Waals surface area contributed by atoms with E-state index in [1.807, 2.05) is 0 Å². The Balaban J connectivity index is -0.000000218. The maximum atomic E-state index is 10.7. The second kappa shape index (κ2) is 6.07. The average Bonchev–Trinajstić information content (AvgIpc) is 1.77. The fraction of sp³-hybridized carbons (Fsp3) is 1.00. The van der Waals surface area contributed by atoms with E-state index in [1.165, 1.54) is 0 Å². The third kappa shape index (κ3) is 9.45. The molecule has 0 heterocycles. The number of hydrogen-bond donors (Lipinski definition) is 2. The lowest BCUT2D eigenvalue weighted by Gasteiger charge is -1.97. The molecular weight excluding hydrogens is 330 g/mol. The topological polar surface area (TPSA) is 109 Å². The molecule has 2 N–H and O–H groups in total. The van der Waals surface area contributed by atoms with Crippen LogP contribution >= 0.6 is 13.5 Å². The highest BCUT2D eigenvalue weighted by molar-refractivity contribution is 7.86. The van der Waals surface area contributed by atoms with Gasteiger partial charge in [-0.05, 0) is 0 Å². The summed E-state index contributed by atoms with van der Waals surface area (Å²) in [5, 5.41) is 0. The van der Waals surface area contributed by atoms with Crippen LogP contribution in [0.15, 0.2) is 0 Å². The van der Waals surface area contributed by atoms with E-state index in [1.54, 1.807) is 0 Å². The first-order chi connectivity index (χ1) is 6.50. The molecule has 0 fully saturated rings. The van der Waals surface area contributed by atoms with Gasteiger partial charge in [-0.15, -0.1) is 0 Å². The van der Waals surface area contributed by atoms with Gasteiger partial charge in [0.25, 0.3) is 0 Å². The van der Waals surface area contributed by atoms with E-state index in [2.05, 4.69) is 0 Å². The van der Waals surface area contributed by atoms with Crippen molar-refractivity contribution in [1.82, 2.24) is 0 Å². The Bertz CT molecular complexity index is 372. The molecule has 0 spiro atoms. The molecule has 108 valence electrons. The van der Waals surface area contributed by atoms with Crippen LogP contribution in [-0.4, -0.2) is 37.0 Å². The summed E-state index contributed by atoms with van der Waals surface area (Å²) in [5.41, 5.74) is -11.1. The molecule has 0 unspecified atom stereocenters. The van der Waals surface area contributed by atoms with Crippen LogP contribution in [0.2, 0.25) is 0 Å². The van der Waals surface area contributed by atoms with Crippen LogP contribution in [0.3, 0.4) is 0 Å². The van der Waals surface area contributed by atoms with Crippen molar-refractivity contribution in [1.29, 1.82) is 0 Å². The summed E-state index contributed by atoms with van der Waals surface area (Å²) in [6.07, 6.45) is 0. The SMILES string of the molecule is O=S(=O)(O)C(F)(F)F.O=S(=O)(O)C(F)(F)F.S. The van der Waals surface area contributed by atoms with Gasteiger partial charge in [0.2, 0.25) is 0 Å². The molecule has 0 rings (SSSR count). The second-order valence-electron chi connectivity index (χ2n) is 1.84. The lowest BCUT2D eigenvalue weighted by atomic mass is 11.6. The molecule has 0 amide bonds. The van der Waals surface area contributed by atoms with E-state index in [-0.39, 0.29) is 13.5 Å². The van der Waals surface area contributed by atoms with Crippen LogP contribution in [0.25, 0.3) is 0 Å². The molecule has 17 heavy (non-hydrogen) atoms. The van der Waals surface area contributed by atoms with Crippen LogP contribution in [0.1, 0.15) is 0 Å². The standard InChI is InChI=1S/2CHF3O3S.H2S/c2*2-1(3,4)8(5,6)7;/h2*(H,5,6,7);1H2. The van der Waals surface area contributed by atoms with Gasteiger partial charge in [-0.3, -0.25) is 9.11 Å². The van der Waals surface area contributed by atoms with Gasteiger partial charge < -0.3 is 0 Å². The van der Waals surface area contributed by atoms with Gasteiger partial charge in [0.15, 0.2) is 0 Å². The van der Waals surface area contributed by atoms with E-state index >= 15 is 0 Å². The Morgan fingerprint density at radius 3 is 0.706 bits per heavy atom. The van der Waals surface area contributed by atoms with Crippen molar-refractivity contribution >= 4 is 33.7 Å². The lowest BCUT2D eigenvalue weighted by molar-refractivity contribution is -0.0514. The molecule has 0 radical (unpaired) electrons. The first-order valence-corrected chi connectivity index (χ1v) is 5.45. The number of rotatable bonds is 0. The maximum Gasteiger partial charge on any atom is 0.522 e. The van der Waals surface area contributed by atoms with E-state index in [0.29, 0.717) is 0 Å². The smallest absolute Gasteiger partial charge is 0.279 e. The van der Waals surface area contributed by atoms with Crippen molar-refractivity contribution in [2.75, 3.05) is 0 Å². The summed E-state index contributed by atoms with van der Waals surface area (Å²) in [5.74, 6) is 0. The van der Waals surface area contributed by atoms with Gasteiger partial charge >= 0.3 is 31.3 Å². The van der Waals surface area contributed by atoms with Crippen molar-refractivity contribution in [2.24, 2.45) is 0 Å². The summed E-state index contributed by atoms with van der Waals surface area (Å²) in [7, 11) is -11.7. The first kappa shape index (κ1) is 22.0. The molecule has 0 atom stereocenters. The predicted octanol–water partition coefficient (Wildman–Crippen LogP) is 0.901. The largest absolute Gasteiger partial charge is 0.522 e. The fourth-order valence-electron chi connectivity index (χ4n) is 0. The summed E-state index contributed by atoms with van der Waals surface area (Å²) in [4.78, 5) is 0. The second-order valence-corrected chi connectivity index (χ2v) is 4.67. The molecule has 0 aromatic heterocycles. The highest BCUT2D eigenvalue weighted by Crippen LogP contribution is 2.21. The zero-order valence-electron chi connectivity index (χ0n) is 7.11. The lowest BCUT2D eigenvalue weighted by Crippen LogP contribution is -2.21. The number of hydrogen-bond acceptors (Lipinski definition) is 4. The molecule has 0 aliphatic heterocycles. The maximum absolute atomic E-state index is 10.7. The molecule has 0 aromatic carbocycles. The number of alkyl halides is 6. The first-order valence-electron chi connectivity index (χ1n) is 2.57. The highest BCUT2D eigenvalue weighted by atomic mass is 32.2. The minimum Gasteiger partial charge on any atom is -0.279 e. The quantitative estimate of drug-likeness (QED) is 0.387. The average molecular weight is 334 g/mol. The summed E-state index contributed by atoms with van der Waals surface area (Å²) >= 11 is 0. The van der Waals surface area contributed by atoms with Gasteiger partial charge in [0.05, 0.1) is 0 Å². The van der Waals surface area contributed by atoms with Crippen LogP contribution in [0, 0.1) is 0 Å². The normalized spacial score (nSPS) is 13.2. The Labute approximate surface area is 97.6 Å². The van der Waals surface area contributed by atoms with Gasteiger partial charge in [-0.25, -0.2) is 0 Å². The highest BCUT2D eigenvalue weighted by Gasteiger charge is 2.45. The summed E-state index contributed by atoms with van der Waals surface area (Å²) < 4.78 is 115. The van der Waals surface area contributed by atoms with Crippen LogP contribution in [0.4, 0.5) is 26.3 Å². The van der Waals surface area contributed by atoms with Gasteiger partial charge in [-0.2, -0.15) is 56.7 Å². The van der Waals surface area contributed by atoms with Crippen molar-refractivity contribution in [2.45, 2.75) is 11.0 Å². The molecule has 15 heteroatoms. The van der Waals surface area contributed by atoms with Gasteiger partial charge in [0, 0.05) is 0 Å².